The highest BCUT2D eigenvalue weighted by Gasteiger charge is 2.42. The molecule has 3 N–H and O–H groups in total. The van der Waals surface area contributed by atoms with Crippen molar-refractivity contribution in [3.8, 4) is 0 Å². The predicted molar refractivity (Wildman–Crippen MR) is 124 cm³/mol. The van der Waals surface area contributed by atoms with Crippen LogP contribution < -0.4 is 10.6 Å². The van der Waals surface area contributed by atoms with E-state index in [9.17, 15) is 4.79 Å². The summed E-state index contributed by atoms with van der Waals surface area (Å²) in [6.45, 7) is 2.38. The van der Waals surface area contributed by atoms with Crippen LogP contribution in [0.1, 0.15) is 62.1 Å². The Morgan fingerprint density at radius 2 is 2.03 bits per heavy atom. The fourth-order valence-corrected chi connectivity index (χ4v) is 5.93. The highest BCUT2D eigenvalue weighted by molar-refractivity contribution is 5.75. The van der Waals surface area contributed by atoms with Gasteiger partial charge in [0.1, 0.15) is 0 Å². The van der Waals surface area contributed by atoms with Gasteiger partial charge in [0.25, 0.3) is 0 Å². The van der Waals surface area contributed by atoms with E-state index in [0.29, 0.717) is 12.6 Å². The van der Waals surface area contributed by atoms with E-state index >= 15 is 0 Å². The quantitative estimate of drug-likeness (QED) is 0.666. The van der Waals surface area contributed by atoms with Crippen molar-refractivity contribution < 1.29 is 9.90 Å². The van der Waals surface area contributed by atoms with Gasteiger partial charge in [0, 0.05) is 25.3 Å². The molecule has 1 atom stereocenters. The maximum Gasteiger partial charge on any atom is 0.317 e. The van der Waals surface area contributed by atoms with E-state index in [1.165, 1.54) is 11.1 Å². The lowest BCUT2D eigenvalue weighted by atomic mass is 9.72. The molecule has 2 fully saturated rings. The summed E-state index contributed by atoms with van der Waals surface area (Å²) in [4.78, 5) is 15.1. The SMILES string of the molecule is O=C(N[C@@H]1CCCc2ccccc21)N1CC[C@]2(CC[C@H](Nc3cnn(CCO)c3)CC2)C1. The maximum absolute atomic E-state index is 13.1. The van der Waals surface area contributed by atoms with Crippen LogP contribution in [0.5, 0.6) is 0 Å². The molecule has 5 rings (SSSR count). The minimum Gasteiger partial charge on any atom is -0.394 e. The van der Waals surface area contributed by atoms with Crippen molar-refractivity contribution in [1.82, 2.24) is 20.0 Å². The molecule has 1 aliphatic heterocycles. The van der Waals surface area contributed by atoms with Gasteiger partial charge < -0.3 is 20.6 Å². The highest BCUT2D eigenvalue weighted by atomic mass is 16.3. The second-order valence-corrected chi connectivity index (χ2v) is 9.90. The zero-order valence-electron chi connectivity index (χ0n) is 18.8. The Bertz CT molecular complexity index is 934. The lowest BCUT2D eigenvalue weighted by molar-refractivity contribution is 0.170. The van der Waals surface area contributed by atoms with Gasteiger partial charge in [-0.2, -0.15) is 5.10 Å². The molecule has 2 aliphatic carbocycles. The third-order valence-corrected chi connectivity index (χ3v) is 7.77. The number of aliphatic hydroxyl groups excluding tert-OH is 1. The number of hydrogen-bond donors (Lipinski definition) is 3. The van der Waals surface area contributed by atoms with E-state index in [0.717, 1.165) is 70.1 Å². The number of urea groups is 1. The van der Waals surface area contributed by atoms with Crippen LogP contribution in [0.4, 0.5) is 10.5 Å². The molecule has 0 radical (unpaired) electrons. The van der Waals surface area contributed by atoms with Crippen LogP contribution in [-0.2, 0) is 13.0 Å². The van der Waals surface area contributed by atoms with Gasteiger partial charge in [-0.15, -0.1) is 0 Å². The van der Waals surface area contributed by atoms with Gasteiger partial charge in [0.2, 0.25) is 0 Å². The smallest absolute Gasteiger partial charge is 0.317 e. The van der Waals surface area contributed by atoms with Crippen molar-refractivity contribution >= 4 is 11.7 Å². The third kappa shape index (κ3) is 4.49. The summed E-state index contributed by atoms with van der Waals surface area (Å²) >= 11 is 0. The van der Waals surface area contributed by atoms with Crippen LogP contribution in [0.3, 0.4) is 0 Å². The Balaban J connectivity index is 1.13. The molecule has 1 saturated heterocycles. The predicted octanol–water partition coefficient (Wildman–Crippen LogP) is 3.71. The Morgan fingerprint density at radius 3 is 2.88 bits per heavy atom. The number of benzene rings is 1. The molecule has 3 aliphatic rings. The number of nitrogens with one attached hydrogen (secondary N) is 2. The Hall–Kier alpha value is -2.54. The van der Waals surface area contributed by atoms with Gasteiger partial charge in [0.05, 0.1) is 31.1 Å². The lowest BCUT2D eigenvalue weighted by Crippen LogP contribution is -2.43. The molecule has 0 unspecified atom stereocenters. The molecule has 2 amide bonds. The van der Waals surface area contributed by atoms with Gasteiger partial charge in [0.15, 0.2) is 0 Å². The average molecular weight is 438 g/mol. The first kappa shape index (κ1) is 21.3. The summed E-state index contributed by atoms with van der Waals surface area (Å²) in [7, 11) is 0. The molecule has 172 valence electrons. The van der Waals surface area contributed by atoms with Gasteiger partial charge in [-0.05, 0) is 67.9 Å². The second-order valence-electron chi connectivity index (χ2n) is 9.90. The highest BCUT2D eigenvalue weighted by Crippen LogP contribution is 2.44. The molecule has 7 heteroatoms. The van der Waals surface area contributed by atoms with Crippen LogP contribution in [0.25, 0.3) is 0 Å². The summed E-state index contributed by atoms with van der Waals surface area (Å²) < 4.78 is 1.77. The van der Waals surface area contributed by atoms with Gasteiger partial charge >= 0.3 is 6.03 Å². The summed E-state index contributed by atoms with van der Waals surface area (Å²) in [5.41, 5.74) is 3.99. The topological polar surface area (TPSA) is 82.4 Å². The van der Waals surface area contributed by atoms with E-state index in [1.54, 1.807) is 4.68 Å². The molecular formula is C25H35N5O2. The average Bonchev–Trinajstić information content (AvgIpc) is 3.43. The summed E-state index contributed by atoms with van der Waals surface area (Å²) in [6, 6.07) is 9.26. The minimum atomic E-state index is 0.102. The molecule has 1 spiro atoms. The van der Waals surface area contributed by atoms with Crippen LogP contribution >= 0.6 is 0 Å². The monoisotopic (exact) mass is 437 g/mol. The van der Waals surface area contributed by atoms with Gasteiger partial charge in [-0.3, -0.25) is 4.68 Å². The number of fused-ring (bicyclic) bond motifs is 1. The minimum absolute atomic E-state index is 0.102. The molecular weight excluding hydrogens is 402 g/mol. The Kier molecular flexibility index (Phi) is 6.09. The number of aromatic nitrogens is 2. The van der Waals surface area contributed by atoms with Crippen LogP contribution in [0, 0.1) is 5.41 Å². The molecule has 2 heterocycles. The lowest BCUT2D eigenvalue weighted by Gasteiger charge is -2.37. The van der Waals surface area contributed by atoms with Crippen molar-refractivity contribution in [2.24, 2.45) is 5.41 Å². The summed E-state index contributed by atoms with van der Waals surface area (Å²) in [6.07, 6.45) is 12.8. The van der Waals surface area contributed by atoms with Crippen molar-refractivity contribution in [2.45, 2.75) is 70.0 Å². The summed E-state index contributed by atoms with van der Waals surface area (Å²) in [5.74, 6) is 0. The van der Waals surface area contributed by atoms with Crippen molar-refractivity contribution in [3.63, 3.8) is 0 Å². The fraction of sp³-hybridized carbons (Fsp3) is 0.600. The number of nitrogens with zero attached hydrogens (tertiary/aromatic N) is 3. The van der Waals surface area contributed by atoms with E-state index in [1.807, 2.05) is 12.4 Å². The van der Waals surface area contributed by atoms with Crippen LogP contribution in [-0.4, -0.2) is 51.6 Å². The number of anilines is 1. The first-order chi connectivity index (χ1) is 15.6. The third-order valence-electron chi connectivity index (χ3n) is 7.77. The van der Waals surface area contributed by atoms with E-state index in [2.05, 4.69) is 44.9 Å². The number of carbonyl (C=O) groups excluding carboxylic acids is 1. The second kappa shape index (κ2) is 9.14. The molecule has 1 aromatic heterocycles. The molecule has 0 bridgehead atoms. The van der Waals surface area contributed by atoms with E-state index in [-0.39, 0.29) is 24.1 Å². The zero-order valence-corrected chi connectivity index (χ0v) is 18.8. The number of rotatable bonds is 5. The molecule has 1 aromatic carbocycles. The number of aliphatic hydroxyl groups is 1. The number of aryl methyl sites for hydroxylation is 1. The van der Waals surface area contributed by atoms with E-state index in [4.69, 9.17) is 5.11 Å². The van der Waals surface area contributed by atoms with Crippen molar-refractivity contribution in [1.29, 1.82) is 0 Å². The number of amides is 2. The Labute approximate surface area is 190 Å². The van der Waals surface area contributed by atoms with Crippen molar-refractivity contribution in [2.75, 3.05) is 25.0 Å². The number of carbonyl (C=O) groups is 1. The Morgan fingerprint density at radius 1 is 1.19 bits per heavy atom. The first-order valence-electron chi connectivity index (χ1n) is 12.2. The molecule has 2 aromatic rings. The normalized spacial score (nSPS) is 27.3. The maximum atomic E-state index is 13.1. The number of likely N-dealkylation sites (tertiary alicyclic amines) is 1. The van der Waals surface area contributed by atoms with Gasteiger partial charge in [-0.25, -0.2) is 4.79 Å². The standard InChI is InChI=1S/C25H35N5O2/c31-15-14-30-17-21(16-26-30)27-20-8-10-25(11-9-20)12-13-29(18-25)24(32)28-23-7-3-5-19-4-1-2-6-22(19)23/h1-2,4,6,16-17,20,23,27,31H,3,5,7-15,18H2,(H,28,32)/t20-,23-,25+/m1/s1. The summed E-state index contributed by atoms with van der Waals surface area (Å²) in [5, 5.41) is 20.3. The van der Waals surface area contributed by atoms with E-state index < -0.39 is 0 Å². The molecule has 7 nitrogen and oxygen atoms in total. The van der Waals surface area contributed by atoms with Crippen LogP contribution in [0.15, 0.2) is 36.7 Å². The zero-order chi connectivity index (χ0) is 22.0. The first-order valence-corrected chi connectivity index (χ1v) is 12.2. The molecule has 1 saturated carbocycles. The van der Waals surface area contributed by atoms with Gasteiger partial charge in [-0.1, -0.05) is 24.3 Å². The van der Waals surface area contributed by atoms with Crippen molar-refractivity contribution in [3.05, 3.63) is 47.8 Å². The fourth-order valence-electron chi connectivity index (χ4n) is 5.93. The molecule has 32 heavy (non-hydrogen) atoms. The number of hydrogen-bond acceptors (Lipinski definition) is 4. The van der Waals surface area contributed by atoms with Crippen LogP contribution in [0.2, 0.25) is 0 Å². The largest absolute Gasteiger partial charge is 0.394 e.